The van der Waals surface area contributed by atoms with E-state index in [1.54, 1.807) is 0 Å². The normalized spacial score (nSPS) is 10.3. The van der Waals surface area contributed by atoms with Gasteiger partial charge in [-0.25, -0.2) is 0 Å². The van der Waals surface area contributed by atoms with Crippen LogP contribution >= 0.6 is 0 Å². The Kier molecular flexibility index (Phi) is 3.90. The highest BCUT2D eigenvalue weighted by Gasteiger charge is 2.03. The molecule has 0 spiro atoms. The molecule has 0 atom stereocenters. The van der Waals surface area contributed by atoms with Crippen LogP contribution < -0.4 is 10.6 Å². The van der Waals surface area contributed by atoms with Crippen molar-refractivity contribution in [1.29, 1.82) is 0 Å². The van der Waals surface area contributed by atoms with Crippen LogP contribution in [0.4, 0.5) is 11.4 Å². The lowest BCUT2D eigenvalue weighted by atomic mass is 10.1. The number of amides is 1. The number of hydrogen-bond donors (Lipinski definition) is 2. The Morgan fingerprint density at radius 3 is 2.58 bits per heavy atom. The largest absolute Gasteiger partial charge is 0.465 e. The molecule has 19 heavy (non-hydrogen) atoms. The minimum atomic E-state index is -0.0603. The third kappa shape index (κ3) is 3.61. The Morgan fingerprint density at radius 1 is 1.21 bits per heavy atom. The summed E-state index contributed by atoms with van der Waals surface area (Å²) in [7, 11) is 0. The van der Waals surface area contributed by atoms with Gasteiger partial charge in [-0.3, -0.25) is 4.79 Å². The topological polar surface area (TPSA) is 54.3 Å². The van der Waals surface area contributed by atoms with E-state index in [1.807, 2.05) is 44.2 Å². The molecular formula is C15H18N2O2. The number of hydrogen-bond acceptors (Lipinski definition) is 3. The maximum atomic E-state index is 11.0. The van der Waals surface area contributed by atoms with Gasteiger partial charge >= 0.3 is 0 Å². The maximum Gasteiger partial charge on any atom is 0.221 e. The van der Waals surface area contributed by atoms with E-state index in [0.717, 1.165) is 28.5 Å². The van der Waals surface area contributed by atoms with Crippen LogP contribution in [0.3, 0.4) is 0 Å². The van der Waals surface area contributed by atoms with Gasteiger partial charge in [0.25, 0.3) is 0 Å². The van der Waals surface area contributed by atoms with Crippen LogP contribution in [-0.2, 0) is 11.3 Å². The zero-order chi connectivity index (χ0) is 13.8. The van der Waals surface area contributed by atoms with E-state index in [-0.39, 0.29) is 5.91 Å². The molecule has 0 saturated carbocycles. The minimum Gasteiger partial charge on any atom is -0.465 e. The molecule has 0 aliphatic carbocycles. The molecule has 4 heteroatoms. The lowest BCUT2D eigenvalue weighted by molar-refractivity contribution is -0.114. The lowest BCUT2D eigenvalue weighted by Crippen LogP contribution is -2.07. The monoisotopic (exact) mass is 258 g/mol. The van der Waals surface area contributed by atoms with Gasteiger partial charge in [0, 0.05) is 18.3 Å². The minimum absolute atomic E-state index is 0.0603. The Labute approximate surface area is 112 Å². The summed E-state index contributed by atoms with van der Waals surface area (Å²) in [6, 6.07) is 9.74. The first-order valence-corrected chi connectivity index (χ1v) is 6.22. The van der Waals surface area contributed by atoms with E-state index in [4.69, 9.17) is 4.42 Å². The number of furan rings is 1. The fourth-order valence-electron chi connectivity index (χ4n) is 1.87. The molecule has 2 aromatic rings. The second kappa shape index (κ2) is 5.61. The summed E-state index contributed by atoms with van der Waals surface area (Å²) in [5.41, 5.74) is 2.86. The van der Waals surface area contributed by atoms with Crippen LogP contribution in [0.1, 0.15) is 24.0 Å². The van der Waals surface area contributed by atoms with Crippen molar-refractivity contribution >= 4 is 17.3 Å². The summed E-state index contributed by atoms with van der Waals surface area (Å²) in [4.78, 5) is 11.0. The number of carbonyl (C=O) groups excluding carboxylic acids is 1. The molecule has 0 unspecified atom stereocenters. The van der Waals surface area contributed by atoms with Crippen molar-refractivity contribution in [2.45, 2.75) is 27.3 Å². The number of carbonyl (C=O) groups is 1. The third-order valence-corrected chi connectivity index (χ3v) is 2.80. The smallest absolute Gasteiger partial charge is 0.221 e. The van der Waals surface area contributed by atoms with Crippen LogP contribution in [0.2, 0.25) is 0 Å². The van der Waals surface area contributed by atoms with Crippen molar-refractivity contribution in [3.8, 4) is 0 Å². The molecule has 1 aromatic heterocycles. The average Bonchev–Trinajstić information content (AvgIpc) is 2.75. The number of aryl methyl sites for hydroxylation is 2. The first-order valence-electron chi connectivity index (χ1n) is 6.22. The zero-order valence-electron chi connectivity index (χ0n) is 11.4. The molecule has 0 bridgehead atoms. The van der Waals surface area contributed by atoms with Crippen molar-refractivity contribution in [1.82, 2.24) is 0 Å². The van der Waals surface area contributed by atoms with Gasteiger partial charge in [0.05, 0.1) is 6.54 Å². The summed E-state index contributed by atoms with van der Waals surface area (Å²) in [6.45, 7) is 6.04. The Hall–Kier alpha value is -2.23. The van der Waals surface area contributed by atoms with Gasteiger partial charge in [-0.15, -0.1) is 0 Å². The standard InChI is InChI=1S/C15H18N2O2/c1-10-8-13(5-7-15(10)17-12(3)18)16-9-14-6-4-11(2)19-14/h4-8,16H,9H2,1-3H3,(H,17,18). The first kappa shape index (κ1) is 13.2. The first-order chi connectivity index (χ1) is 9.04. The Balaban J connectivity index is 2.01. The molecule has 0 fully saturated rings. The molecule has 4 nitrogen and oxygen atoms in total. The maximum absolute atomic E-state index is 11.0. The zero-order valence-corrected chi connectivity index (χ0v) is 11.4. The van der Waals surface area contributed by atoms with E-state index >= 15 is 0 Å². The van der Waals surface area contributed by atoms with Crippen molar-refractivity contribution < 1.29 is 9.21 Å². The van der Waals surface area contributed by atoms with Gasteiger partial charge < -0.3 is 15.1 Å². The highest BCUT2D eigenvalue weighted by Crippen LogP contribution is 2.20. The van der Waals surface area contributed by atoms with Gasteiger partial charge in [0.2, 0.25) is 5.91 Å². The molecule has 1 aromatic carbocycles. The molecule has 1 heterocycles. The number of benzene rings is 1. The van der Waals surface area contributed by atoms with E-state index in [1.165, 1.54) is 6.92 Å². The van der Waals surface area contributed by atoms with Crippen LogP contribution in [0.15, 0.2) is 34.7 Å². The van der Waals surface area contributed by atoms with E-state index in [9.17, 15) is 4.79 Å². The van der Waals surface area contributed by atoms with Crippen LogP contribution in [-0.4, -0.2) is 5.91 Å². The van der Waals surface area contributed by atoms with Crippen molar-refractivity contribution in [2.75, 3.05) is 10.6 Å². The summed E-state index contributed by atoms with van der Waals surface area (Å²) in [5, 5.41) is 6.08. The highest BCUT2D eigenvalue weighted by molar-refractivity contribution is 5.89. The Morgan fingerprint density at radius 2 is 2.00 bits per heavy atom. The fraction of sp³-hybridized carbons (Fsp3) is 0.267. The average molecular weight is 258 g/mol. The summed E-state index contributed by atoms with van der Waals surface area (Å²) in [5.74, 6) is 1.75. The summed E-state index contributed by atoms with van der Waals surface area (Å²) < 4.78 is 5.49. The van der Waals surface area contributed by atoms with Gasteiger partial charge in [0.1, 0.15) is 11.5 Å². The summed E-state index contributed by atoms with van der Waals surface area (Å²) in [6.07, 6.45) is 0. The van der Waals surface area contributed by atoms with Gasteiger partial charge in [-0.05, 0) is 49.7 Å². The van der Waals surface area contributed by atoms with E-state index in [0.29, 0.717) is 6.54 Å². The molecule has 0 saturated heterocycles. The second-order valence-corrected chi connectivity index (χ2v) is 4.58. The number of nitrogens with one attached hydrogen (secondary N) is 2. The molecule has 2 N–H and O–H groups in total. The van der Waals surface area contributed by atoms with Crippen molar-refractivity contribution in [3.63, 3.8) is 0 Å². The van der Waals surface area contributed by atoms with Crippen molar-refractivity contribution in [2.24, 2.45) is 0 Å². The molecule has 2 rings (SSSR count). The molecular weight excluding hydrogens is 240 g/mol. The van der Waals surface area contributed by atoms with Crippen LogP contribution in [0.5, 0.6) is 0 Å². The van der Waals surface area contributed by atoms with Crippen LogP contribution in [0.25, 0.3) is 0 Å². The predicted molar refractivity (Wildman–Crippen MR) is 76.3 cm³/mol. The van der Waals surface area contributed by atoms with Gasteiger partial charge in [0.15, 0.2) is 0 Å². The van der Waals surface area contributed by atoms with Crippen LogP contribution in [0, 0.1) is 13.8 Å². The molecule has 0 aliphatic rings. The number of anilines is 2. The second-order valence-electron chi connectivity index (χ2n) is 4.58. The Bertz CT molecular complexity index is 588. The molecule has 0 aliphatic heterocycles. The fourth-order valence-corrected chi connectivity index (χ4v) is 1.87. The predicted octanol–water partition coefficient (Wildman–Crippen LogP) is 3.47. The van der Waals surface area contributed by atoms with E-state index in [2.05, 4.69) is 10.6 Å². The molecule has 1 amide bonds. The van der Waals surface area contributed by atoms with Gasteiger partial charge in [-0.1, -0.05) is 0 Å². The quantitative estimate of drug-likeness (QED) is 0.883. The third-order valence-electron chi connectivity index (χ3n) is 2.80. The molecule has 0 radical (unpaired) electrons. The van der Waals surface area contributed by atoms with Gasteiger partial charge in [-0.2, -0.15) is 0 Å². The summed E-state index contributed by atoms with van der Waals surface area (Å²) >= 11 is 0. The van der Waals surface area contributed by atoms with E-state index < -0.39 is 0 Å². The number of rotatable bonds is 4. The highest BCUT2D eigenvalue weighted by atomic mass is 16.3. The van der Waals surface area contributed by atoms with Crippen molar-refractivity contribution in [3.05, 3.63) is 47.4 Å². The lowest BCUT2D eigenvalue weighted by Gasteiger charge is -2.10. The molecule has 100 valence electrons. The SMILES string of the molecule is CC(=O)Nc1ccc(NCc2ccc(C)o2)cc1C.